The number of hydrogen-bond donors (Lipinski definition) is 0. The van der Waals surface area contributed by atoms with Crippen LogP contribution < -0.4 is 0 Å². The van der Waals surface area contributed by atoms with E-state index in [9.17, 15) is 14.4 Å². The minimum absolute atomic E-state index is 0.0384. The second kappa shape index (κ2) is 9.12. The van der Waals surface area contributed by atoms with Gasteiger partial charge in [0, 0.05) is 30.8 Å². The van der Waals surface area contributed by atoms with Crippen molar-refractivity contribution in [3.8, 4) is 0 Å². The van der Waals surface area contributed by atoms with Gasteiger partial charge in [0.15, 0.2) is 11.6 Å². The number of fused-ring (bicyclic) bond motifs is 1. The van der Waals surface area contributed by atoms with Gasteiger partial charge in [-0.1, -0.05) is 29.5 Å². The lowest BCUT2D eigenvalue weighted by molar-refractivity contribution is -0.119. The summed E-state index contributed by atoms with van der Waals surface area (Å²) in [6, 6.07) is 9.58. The second-order valence-corrected chi connectivity index (χ2v) is 6.84. The Kier molecular flexibility index (Phi) is 6.37. The van der Waals surface area contributed by atoms with Crippen LogP contribution in [0.2, 0.25) is 0 Å². The van der Waals surface area contributed by atoms with Crippen molar-refractivity contribution in [2.75, 3.05) is 0 Å². The van der Waals surface area contributed by atoms with Crippen molar-refractivity contribution in [1.29, 1.82) is 0 Å². The third-order valence-electron chi connectivity index (χ3n) is 4.45. The summed E-state index contributed by atoms with van der Waals surface area (Å²) < 4.78 is 1.39. The van der Waals surface area contributed by atoms with E-state index in [1.165, 1.54) is 10.9 Å². The summed E-state index contributed by atoms with van der Waals surface area (Å²) in [6.07, 6.45) is 5.58. The van der Waals surface area contributed by atoms with Crippen LogP contribution in [-0.4, -0.2) is 37.3 Å². The Morgan fingerprint density at radius 2 is 1.82 bits per heavy atom. The summed E-state index contributed by atoms with van der Waals surface area (Å²) >= 11 is 0. The molecule has 0 spiro atoms. The molecular formula is C21H22N4O3. The molecule has 1 aromatic carbocycles. The molecule has 0 radical (unpaired) electrons. The van der Waals surface area contributed by atoms with Gasteiger partial charge < -0.3 is 4.79 Å². The number of nitrogens with zero attached hydrogens (tertiary/aromatic N) is 4. The Bertz CT molecular complexity index is 1000. The molecule has 0 saturated heterocycles. The van der Waals surface area contributed by atoms with Crippen LogP contribution in [0.5, 0.6) is 0 Å². The van der Waals surface area contributed by atoms with E-state index in [0.717, 1.165) is 16.5 Å². The standard InChI is InChI=1S/C21H22N4O3/c1-15(26)6-2-3-10-20(28)19-14-25(24-23-19)13-18(27)12-17-8-4-7-16-9-5-11-22-21(16)17/h4-5,7-9,11,14H,2-3,6,10,12-13H2,1H3. The highest BCUT2D eigenvalue weighted by molar-refractivity contribution is 5.94. The number of unbranched alkanes of at least 4 members (excludes halogenated alkanes) is 1. The van der Waals surface area contributed by atoms with E-state index in [-0.39, 0.29) is 36.0 Å². The third-order valence-corrected chi connectivity index (χ3v) is 4.45. The average molecular weight is 378 g/mol. The molecule has 0 saturated carbocycles. The maximum absolute atomic E-state index is 12.4. The van der Waals surface area contributed by atoms with Crippen molar-refractivity contribution in [2.45, 2.75) is 45.6 Å². The van der Waals surface area contributed by atoms with E-state index in [4.69, 9.17) is 0 Å². The molecule has 0 atom stereocenters. The zero-order valence-electron chi connectivity index (χ0n) is 15.8. The van der Waals surface area contributed by atoms with Crippen LogP contribution in [0.1, 0.15) is 48.7 Å². The molecule has 28 heavy (non-hydrogen) atoms. The molecule has 0 aliphatic carbocycles. The lowest BCUT2D eigenvalue weighted by atomic mass is 10.0. The van der Waals surface area contributed by atoms with Gasteiger partial charge in [0.05, 0.1) is 11.7 Å². The molecule has 0 N–H and O–H groups in total. The Labute approximate surface area is 162 Å². The molecule has 3 aromatic rings. The first kappa shape index (κ1) is 19.5. The third kappa shape index (κ3) is 5.16. The number of ketones is 3. The fraction of sp³-hybridized carbons (Fsp3) is 0.333. The van der Waals surface area contributed by atoms with E-state index in [1.54, 1.807) is 13.1 Å². The van der Waals surface area contributed by atoms with Gasteiger partial charge in [0.25, 0.3) is 0 Å². The predicted molar refractivity (Wildman–Crippen MR) is 104 cm³/mol. The van der Waals surface area contributed by atoms with Gasteiger partial charge in [0.1, 0.15) is 18.0 Å². The number of benzene rings is 1. The van der Waals surface area contributed by atoms with Crippen LogP contribution in [0.3, 0.4) is 0 Å². The van der Waals surface area contributed by atoms with Crippen molar-refractivity contribution in [3.63, 3.8) is 0 Å². The minimum atomic E-state index is -0.125. The summed E-state index contributed by atoms with van der Waals surface area (Å²) in [5.74, 6) is -0.0395. The van der Waals surface area contributed by atoms with Crippen molar-refractivity contribution >= 4 is 28.3 Å². The molecule has 0 aliphatic rings. The molecule has 0 bridgehead atoms. The van der Waals surface area contributed by atoms with Gasteiger partial charge in [-0.3, -0.25) is 14.6 Å². The molecule has 144 valence electrons. The zero-order chi connectivity index (χ0) is 19.9. The normalized spacial score (nSPS) is 10.9. The number of carbonyl (C=O) groups excluding carboxylic acids is 3. The quantitative estimate of drug-likeness (QED) is 0.398. The van der Waals surface area contributed by atoms with Crippen LogP contribution >= 0.6 is 0 Å². The highest BCUT2D eigenvalue weighted by atomic mass is 16.1. The molecule has 3 rings (SSSR count). The monoisotopic (exact) mass is 378 g/mol. The first-order valence-corrected chi connectivity index (χ1v) is 9.30. The fourth-order valence-electron chi connectivity index (χ4n) is 3.05. The van der Waals surface area contributed by atoms with Gasteiger partial charge >= 0.3 is 0 Å². The second-order valence-electron chi connectivity index (χ2n) is 6.84. The molecule has 7 nitrogen and oxygen atoms in total. The minimum Gasteiger partial charge on any atom is -0.300 e. The Balaban J connectivity index is 1.56. The van der Waals surface area contributed by atoms with Gasteiger partial charge in [-0.25, -0.2) is 4.68 Å². The van der Waals surface area contributed by atoms with Gasteiger partial charge in [-0.2, -0.15) is 0 Å². The molecule has 0 fully saturated rings. The Morgan fingerprint density at radius 3 is 2.64 bits per heavy atom. The van der Waals surface area contributed by atoms with Crippen molar-refractivity contribution < 1.29 is 14.4 Å². The van der Waals surface area contributed by atoms with Crippen LogP contribution in [-0.2, 0) is 22.6 Å². The van der Waals surface area contributed by atoms with E-state index in [1.807, 2.05) is 30.3 Å². The molecule has 0 unspecified atom stereocenters. The van der Waals surface area contributed by atoms with Crippen molar-refractivity contribution in [1.82, 2.24) is 20.0 Å². The van der Waals surface area contributed by atoms with Crippen LogP contribution in [0.4, 0.5) is 0 Å². The first-order valence-electron chi connectivity index (χ1n) is 9.30. The van der Waals surface area contributed by atoms with Gasteiger partial charge in [-0.05, 0) is 31.4 Å². The SMILES string of the molecule is CC(=O)CCCCC(=O)c1cn(CC(=O)Cc2cccc3cccnc23)nn1. The smallest absolute Gasteiger partial charge is 0.184 e. The van der Waals surface area contributed by atoms with E-state index >= 15 is 0 Å². The van der Waals surface area contributed by atoms with Gasteiger partial charge in [0.2, 0.25) is 0 Å². The van der Waals surface area contributed by atoms with Gasteiger partial charge in [-0.15, -0.1) is 5.10 Å². The number of Topliss-reactive ketones (excluding diaryl/α,β-unsaturated/α-hetero) is 3. The zero-order valence-corrected chi connectivity index (χ0v) is 15.8. The molecule has 2 aromatic heterocycles. The predicted octanol–water partition coefficient (Wildman–Crippen LogP) is 2.97. The summed E-state index contributed by atoms with van der Waals surface area (Å²) in [6.45, 7) is 1.59. The summed E-state index contributed by atoms with van der Waals surface area (Å²) in [5, 5.41) is 8.76. The first-order chi connectivity index (χ1) is 13.5. The van der Waals surface area contributed by atoms with Crippen LogP contribution in [0, 0.1) is 0 Å². The number of hydrogen-bond acceptors (Lipinski definition) is 6. The number of aromatic nitrogens is 4. The maximum Gasteiger partial charge on any atom is 0.184 e. The lowest BCUT2D eigenvalue weighted by Gasteiger charge is -2.05. The highest BCUT2D eigenvalue weighted by Crippen LogP contribution is 2.16. The number of rotatable bonds is 10. The molecule has 7 heteroatoms. The Morgan fingerprint density at radius 1 is 1.04 bits per heavy atom. The van der Waals surface area contributed by atoms with E-state index in [2.05, 4.69) is 15.3 Å². The number of pyridine rings is 1. The lowest BCUT2D eigenvalue weighted by Crippen LogP contribution is -2.13. The van der Waals surface area contributed by atoms with E-state index < -0.39 is 0 Å². The summed E-state index contributed by atoms with van der Waals surface area (Å²) in [7, 11) is 0. The van der Waals surface area contributed by atoms with Crippen molar-refractivity contribution in [2.24, 2.45) is 0 Å². The molecule has 0 amide bonds. The van der Waals surface area contributed by atoms with E-state index in [0.29, 0.717) is 25.7 Å². The fourth-order valence-corrected chi connectivity index (χ4v) is 3.05. The number of carbonyl (C=O) groups is 3. The largest absolute Gasteiger partial charge is 0.300 e. The molecular weight excluding hydrogens is 356 g/mol. The van der Waals surface area contributed by atoms with Crippen LogP contribution in [0.25, 0.3) is 10.9 Å². The summed E-state index contributed by atoms with van der Waals surface area (Å²) in [5.41, 5.74) is 1.94. The van der Waals surface area contributed by atoms with Crippen LogP contribution in [0.15, 0.2) is 42.7 Å². The average Bonchev–Trinajstić information content (AvgIpc) is 3.13. The highest BCUT2D eigenvalue weighted by Gasteiger charge is 2.13. The number of para-hydroxylation sites is 1. The molecule has 0 aliphatic heterocycles. The maximum atomic E-state index is 12.4. The molecule has 2 heterocycles. The topological polar surface area (TPSA) is 94.8 Å². The van der Waals surface area contributed by atoms with Crippen molar-refractivity contribution in [3.05, 3.63) is 54.0 Å². The Hall–Kier alpha value is -3.22. The summed E-state index contributed by atoms with van der Waals surface area (Å²) in [4.78, 5) is 39.9.